The van der Waals surface area contributed by atoms with Crippen molar-refractivity contribution in [2.75, 3.05) is 14.2 Å². The van der Waals surface area contributed by atoms with Gasteiger partial charge < -0.3 is 37.4 Å². The van der Waals surface area contributed by atoms with Crippen molar-refractivity contribution in [3.8, 4) is 11.8 Å². The molecule has 16 nitrogen and oxygen atoms in total. The number of halogens is 1. The first kappa shape index (κ1) is 56.1. The SMILES string of the molecule is C.CC1(C)OB(B2OC(C)(C)C(C)(C)O2)OC1(C)C.COc1cc(B2OC(C)(C)C(C)(C)O2)c2ccn(S(=O)(=O)c3ccc(C)cc3)c2n1.COc1cc(Br)c2ccn(S(=O)(=O)c3ccc(C)cc3)c2n1. The zero-order valence-electron chi connectivity index (χ0n) is 42.7. The van der Waals surface area contributed by atoms with Crippen LogP contribution in [-0.4, -0.2) is 104 Å². The predicted molar refractivity (Wildman–Crippen MR) is 282 cm³/mol. The van der Waals surface area contributed by atoms with Crippen LogP contribution in [0.3, 0.4) is 0 Å². The molecule has 9 rings (SSSR count). The molecule has 2 aromatic carbocycles. The van der Waals surface area contributed by atoms with Crippen molar-refractivity contribution in [2.45, 2.75) is 148 Å². The summed E-state index contributed by atoms with van der Waals surface area (Å²) in [5, 5.41) is 1.33. The number of fused-ring (bicyclic) bond motifs is 2. The van der Waals surface area contributed by atoms with Gasteiger partial charge in [0.2, 0.25) is 11.8 Å². The van der Waals surface area contributed by atoms with Crippen molar-refractivity contribution >= 4 is 84.6 Å². The summed E-state index contributed by atoms with van der Waals surface area (Å²) >= 11 is 3.41. The molecule has 382 valence electrons. The summed E-state index contributed by atoms with van der Waals surface area (Å²) in [6.07, 6.45) is 3.00. The number of pyridine rings is 2. The molecule has 3 aliphatic heterocycles. The van der Waals surface area contributed by atoms with Crippen LogP contribution in [0.25, 0.3) is 22.1 Å². The van der Waals surface area contributed by atoms with Crippen molar-refractivity contribution in [3.05, 3.63) is 101 Å². The summed E-state index contributed by atoms with van der Waals surface area (Å²) < 4.78 is 102. The molecule has 0 atom stereocenters. The summed E-state index contributed by atoms with van der Waals surface area (Å²) in [6.45, 7) is 27.9. The fraction of sp³-hybridized carbons (Fsp3) is 0.469. The van der Waals surface area contributed by atoms with Crippen LogP contribution in [0.1, 0.15) is 102 Å². The van der Waals surface area contributed by atoms with Gasteiger partial charge in [0.15, 0.2) is 11.3 Å². The highest BCUT2D eigenvalue weighted by molar-refractivity contribution is 9.10. The first-order valence-corrected chi connectivity index (χ1v) is 26.4. The monoisotopic (exact) mass is 1080 g/mol. The van der Waals surface area contributed by atoms with Crippen LogP contribution in [0, 0.1) is 13.8 Å². The molecule has 3 fully saturated rings. The number of benzene rings is 2. The highest BCUT2D eigenvalue weighted by atomic mass is 79.9. The molecule has 6 aromatic rings. The molecule has 0 amide bonds. The van der Waals surface area contributed by atoms with Crippen molar-refractivity contribution in [2.24, 2.45) is 0 Å². The van der Waals surface area contributed by atoms with E-state index in [-0.39, 0.29) is 51.1 Å². The van der Waals surface area contributed by atoms with Crippen molar-refractivity contribution in [1.29, 1.82) is 0 Å². The Balaban J connectivity index is 0.000000179. The van der Waals surface area contributed by atoms with E-state index in [1.807, 2.05) is 96.9 Å². The van der Waals surface area contributed by atoms with Gasteiger partial charge in [0, 0.05) is 39.8 Å². The molecule has 7 heterocycles. The number of methoxy groups -OCH3 is 2. The van der Waals surface area contributed by atoms with E-state index in [0.717, 1.165) is 15.6 Å². The maximum absolute atomic E-state index is 13.3. The Morgan fingerprint density at radius 3 is 1.20 bits per heavy atom. The third kappa shape index (κ3) is 10.6. The second kappa shape index (κ2) is 19.6. The number of hydrogen-bond donors (Lipinski definition) is 0. The lowest BCUT2D eigenvalue weighted by Gasteiger charge is -2.32. The first-order chi connectivity index (χ1) is 32.3. The maximum Gasteiger partial charge on any atom is 0.495 e. The van der Waals surface area contributed by atoms with Crippen molar-refractivity contribution < 1.29 is 54.2 Å². The molecule has 0 bridgehead atoms. The van der Waals surface area contributed by atoms with E-state index in [9.17, 15) is 16.8 Å². The fourth-order valence-electron chi connectivity index (χ4n) is 7.52. The van der Waals surface area contributed by atoms with Crippen LogP contribution in [0.4, 0.5) is 0 Å². The van der Waals surface area contributed by atoms with Gasteiger partial charge in [-0.3, -0.25) is 0 Å². The number of ether oxygens (including phenoxy) is 2. The third-order valence-electron chi connectivity index (χ3n) is 14.0. The smallest absolute Gasteiger partial charge is 0.481 e. The predicted octanol–water partition coefficient (Wildman–Crippen LogP) is 9.13. The standard InChI is InChI=1S/C21H25BN2O5S.C15H13BrN2O3S.C12H24B2O4.CH4/c1-14-7-9-15(10-8-14)30(25,26)24-12-11-16-17(13-18(27-6)23-19(16)24)22-28-20(2,3)21(4,5)29-22;1-10-3-5-11(6-4-10)22(19,20)18-8-7-12-13(16)9-14(21-2)17-15(12)18;1-9(2)10(3,4)16-13(15-9)14-17-11(5,6)12(7,8)18-14;/h7-13H,1-6H3;3-9H,1-2H3;1-8H3;1H4. The van der Waals surface area contributed by atoms with Gasteiger partial charge in [-0.15, -0.1) is 0 Å². The minimum absolute atomic E-state index is 0. The maximum atomic E-state index is 13.3. The van der Waals surface area contributed by atoms with E-state index in [2.05, 4.69) is 25.9 Å². The highest BCUT2D eigenvalue weighted by Crippen LogP contribution is 2.43. The lowest BCUT2D eigenvalue weighted by atomic mass is 9.49. The Morgan fingerprint density at radius 2 is 0.831 bits per heavy atom. The van der Waals surface area contributed by atoms with E-state index >= 15 is 0 Å². The van der Waals surface area contributed by atoms with E-state index < -0.39 is 52.4 Å². The zero-order valence-corrected chi connectivity index (χ0v) is 45.9. The Morgan fingerprint density at radius 1 is 0.507 bits per heavy atom. The average Bonchev–Trinajstić information content (AvgIpc) is 4.05. The quantitative estimate of drug-likeness (QED) is 0.132. The fourth-order valence-corrected chi connectivity index (χ4v) is 10.6. The number of rotatable bonds is 8. The third-order valence-corrected chi connectivity index (χ3v) is 18.0. The topological polar surface area (TPSA) is 178 Å². The number of hydrogen-bond acceptors (Lipinski definition) is 14. The number of nitrogens with zero attached hydrogens (tertiary/aromatic N) is 4. The minimum atomic E-state index is -3.83. The number of aromatic nitrogens is 4. The summed E-state index contributed by atoms with van der Waals surface area (Å²) in [4.78, 5) is 9.08. The molecule has 0 N–H and O–H groups in total. The Bertz CT molecular complexity index is 3060. The van der Waals surface area contributed by atoms with Gasteiger partial charge in [0.25, 0.3) is 20.0 Å². The molecule has 0 saturated carbocycles. The lowest BCUT2D eigenvalue weighted by Crippen LogP contribution is -2.41. The van der Waals surface area contributed by atoms with Gasteiger partial charge in [0.1, 0.15) is 0 Å². The van der Waals surface area contributed by atoms with Gasteiger partial charge in [-0.05, 0) is 155 Å². The summed E-state index contributed by atoms with van der Waals surface area (Å²) in [6, 6.07) is 20.3. The first-order valence-electron chi connectivity index (χ1n) is 22.8. The second-order valence-corrected chi connectivity index (χ2v) is 25.1. The minimum Gasteiger partial charge on any atom is -0.481 e. The van der Waals surface area contributed by atoms with Crippen LogP contribution in [0.5, 0.6) is 11.8 Å². The Kier molecular flexibility index (Phi) is 15.4. The molecule has 0 unspecified atom stereocenters. The normalized spacial score (nSPS) is 19.4. The van der Waals surface area contributed by atoms with Crippen LogP contribution < -0.4 is 14.9 Å². The molecule has 71 heavy (non-hydrogen) atoms. The van der Waals surface area contributed by atoms with Crippen molar-refractivity contribution in [1.82, 2.24) is 17.9 Å². The lowest BCUT2D eigenvalue weighted by molar-refractivity contribution is 0.00578. The van der Waals surface area contributed by atoms with E-state index in [0.29, 0.717) is 27.8 Å². The molecule has 0 aliphatic carbocycles. The van der Waals surface area contributed by atoms with Gasteiger partial charge in [-0.1, -0.05) is 42.8 Å². The molecule has 4 aromatic heterocycles. The largest absolute Gasteiger partial charge is 0.495 e. The van der Waals surface area contributed by atoms with Crippen LogP contribution in [0.15, 0.2) is 99.5 Å². The van der Waals surface area contributed by atoms with Crippen LogP contribution in [-0.2, 0) is 48.0 Å². The molecule has 0 spiro atoms. The highest BCUT2D eigenvalue weighted by Gasteiger charge is 2.63. The molecule has 22 heteroatoms. The summed E-state index contributed by atoms with van der Waals surface area (Å²) in [5.41, 5.74) is 0.742. The van der Waals surface area contributed by atoms with E-state index in [1.165, 1.54) is 34.6 Å². The number of aryl methyl sites for hydroxylation is 2. The van der Waals surface area contributed by atoms with E-state index in [4.69, 9.17) is 37.4 Å². The van der Waals surface area contributed by atoms with Gasteiger partial charge in [0.05, 0.1) is 57.6 Å². The molecular weight excluding hydrogens is 1010 g/mol. The average molecular weight is 1080 g/mol. The van der Waals surface area contributed by atoms with Gasteiger partial charge in [-0.25, -0.2) is 24.8 Å². The van der Waals surface area contributed by atoms with Crippen molar-refractivity contribution in [3.63, 3.8) is 0 Å². The Hall–Kier alpha value is -4.25. The van der Waals surface area contributed by atoms with Gasteiger partial charge >= 0.3 is 21.1 Å². The van der Waals surface area contributed by atoms with Gasteiger partial charge in [-0.2, -0.15) is 9.97 Å². The Labute approximate surface area is 429 Å². The summed E-state index contributed by atoms with van der Waals surface area (Å²) in [7, 11) is -6.18. The molecular formula is C49H66B3BrN4O12S2. The molecule has 3 saturated heterocycles. The van der Waals surface area contributed by atoms with E-state index in [1.54, 1.807) is 72.8 Å². The van der Waals surface area contributed by atoms with Crippen LogP contribution in [0.2, 0.25) is 0 Å². The molecule has 3 aliphatic rings. The van der Waals surface area contributed by atoms with Crippen LogP contribution >= 0.6 is 15.9 Å². The zero-order chi connectivity index (χ0) is 51.8. The second-order valence-electron chi connectivity index (χ2n) is 20.6. The summed E-state index contributed by atoms with van der Waals surface area (Å²) in [5.74, 6) is 0.629. The molecule has 0 radical (unpaired) electrons.